The van der Waals surface area contributed by atoms with Gasteiger partial charge in [-0.2, -0.15) is 0 Å². The molecule has 5 rings (SSSR count). The minimum Gasteiger partial charge on any atom is -0.353 e. The van der Waals surface area contributed by atoms with Crippen LogP contribution in [0.25, 0.3) is 21.3 Å². The lowest BCUT2D eigenvalue weighted by Gasteiger charge is -2.32. The van der Waals surface area contributed by atoms with E-state index in [2.05, 4.69) is 10.3 Å². The van der Waals surface area contributed by atoms with E-state index in [-0.39, 0.29) is 23.2 Å². The monoisotopic (exact) mass is 440 g/mol. The summed E-state index contributed by atoms with van der Waals surface area (Å²) in [6.07, 6.45) is 6.01. The van der Waals surface area contributed by atoms with Crippen LogP contribution in [0.2, 0.25) is 0 Å². The minimum atomic E-state index is -0.333. The molecule has 162 valence electrons. The summed E-state index contributed by atoms with van der Waals surface area (Å²) in [5.74, 6) is 0.314. The largest absolute Gasteiger partial charge is 0.353 e. The SMILES string of the molecule is O=C(NC1CCCC1)C1CCN(c2nc3c(-c4ccccc4F)csc3c(=O)[nH]2)CC1. The number of rotatable bonds is 4. The Labute approximate surface area is 183 Å². The number of benzene rings is 1. The predicted molar refractivity (Wildman–Crippen MR) is 121 cm³/mol. The van der Waals surface area contributed by atoms with Gasteiger partial charge in [-0.15, -0.1) is 11.3 Å². The summed E-state index contributed by atoms with van der Waals surface area (Å²) in [4.78, 5) is 34.9. The molecule has 0 atom stereocenters. The van der Waals surface area contributed by atoms with Crippen molar-refractivity contribution in [3.8, 4) is 11.1 Å². The molecule has 2 aliphatic rings. The maximum Gasteiger partial charge on any atom is 0.270 e. The lowest BCUT2D eigenvalue weighted by molar-refractivity contribution is -0.126. The average molecular weight is 441 g/mol. The standard InChI is InChI=1S/C23H25FN4O2S/c24-18-8-4-3-7-16(18)17-13-31-20-19(17)26-23(27-22(20)30)28-11-9-14(10-12-28)21(29)25-15-5-1-2-6-15/h3-4,7-8,13-15H,1-2,5-6,9-12H2,(H,25,29)(H,26,27,30). The van der Waals surface area contributed by atoms with Crippen LogP contribution >= 0.6 is 11.3 Å². The summed E-state index contributed by atoms with van der Waals surface area (Å²) < 4.78 is 14.8. The third kappa shape index (κ3) is 3.96. The zero-order valence-electron chi connectivity index (χ0n) is 17.2. The average Bonchev–Trinajstić information content (AvgIpc) is 3.44. The van der Waals surface area contributed by atoms with Crippen LogP contribution in [0.4, 0.5) is 10.3 Å². The van der Waals surface area contributed by atoms with Crippen LogP contribution in [-0.2, 0) is 4.79 Å². The second kappa shape index (κ2) is 8.42. The smallest absolute Gasteiger partial charge is 0.270 e. The van der Waals surface area contributed by atoms with E-state index in [0.717, 1.165) is 25.7 Å². The second-order valence-corrected chi connectivity index (χ2v) is 9.33. The molecule has 1 aliphatic heterocycles. The van der Waals surface area contributed by atoms with Gasteiger partial charge in [0.25, 0.3) is 5.56 Å². The Morgan fingerprint density at radius 3 is 2.61 bits per heavy atom. The van der Waals surface area contributed by atoms with Crippen LogP contribution in [-0.4, -0.2) is 35.0 Å². The van der Waals surface area contributed by atoms with Crippen molar-refractivity contribution in [3.63, 3.8) is 0 Å². The number of carbonyl (C=O) groups excluding carboxylic acids is 1. The number of piperidine rings is 1. The van der Waals surface area contributed by atoms with Gasteiger partial charge in [-0.3, -0.25) is 14.6 Å². The van der Waals surface area contributed by atoms with E-state index in [1.54, 1.807) is 23.6 Å². The second-order valence-electron chi connectivity index (χ2n) is 8.45. The van der Waals surface area contributed by atoms with E-state index in [0.29, 0.717) is 46.4 Å². The lowest BCUT2D eigenvalue weighted by Crippen LogP contribution is -2.43. The summed E-state index contributed by atoms with van der Waals surface area (Å²) in [6, 6.07) is 6.87. The van der Waals surface area contributed by atoms with E-state index in [1.807, 2.05) is 4.90 Å². The highest BCUT2D eigenvalue weighted by Crippen LogP contribution is 2.33. The van der Waals surface area contributed by atoms with E-state index >= 15 is 0 Å². The minimum absolute atomic E-state index is 0.00225. The van der Waals surface area contributed by atoms with Gasteiger partial charge in [0.15, 0.2) is 0 Å². The van der Waals surface area contributed by atoms with Crippen LogP contribution in [0.15, 0.2) is 34.4 Å². The Morgan fingerprint density at radius 2 is 1.87 bits per heavy atom. The van der Waals surface area contributed by atoms with E-state index < -0.39 is 0 Å². The van der Waals surface area contributed by atoms with Crippen molar-refractivity contribution in [1.82, 2.24) is 15.3 Å². The molecule has 0 bridgehead atoms. The molecule has 2 aromatic heterocycles. The Bertz CT molecular complexity index is 1160. The lowest BCUT2D eigenvalue weighted by atomic mass is 9.95. The highest BCUT2D eigenvalue weighted by atomic mass is 32.1. The molecule has 1 saturated carbocycles. The molecule has 1 saturated heterocycles. The number of fused-ring (bicyclic) bond motifs is 1. The van der Waals surface area contributed by atoms with Gasteiger partial charge in [-0.05, 0) is 31.7 Å². The molecule has 2 fully saturated rings. The molecule has 1 aromatic carbocycles. The zero-order chi connectivity index (χ0) is 21.4. The molecule has 1 amide bonds. The summed E-state index contributed by atoms with van der Waals surface area (Å²) in [6.45, 7) is 1.30. The number of aromatic nitrogens is 2. The number of nitrogens with one attached hydrogen (secondary N) is 2. The molecule has 1 aliphatic carbocycles. The van der Waals surface area contributed by atoms with Crippen molar-refractivity contribution >= 4 is 33.4 Å². The van der Waals surface area contributed by atoms with E-state index in [4.69, 9.17) is 4.98 Å². The Morgan fingerprint density at radius 1 is 1.13 bits per heavy atom. The summed E-state index contributed by atoms with van der Waals surface area (Å²) in [7, 11) is 0. The van der Waals surface area contributed by atoms with Crippen molar-refractivity contribution in [2.45, 2.75) is 44.6 Å². The van der Waals surface area contributed by atoms with Gasteiger partial charge in [0.05, 0.1) is 5.52 Å². The first-order valence-electron chi connectivity index (χ1n) is 10.9. The molecule has 3 aromatic rings. The molecule has 31 heavy (non-hydrogen) atoms. The predicted octanol–water partition coefficient (Wildman–Crippen LogP) is 4.07. The van der Waals surface area contributed by atoms with Crippen molar-refractivity contribution in [3.05, 3.63) is 45.8 Å². The normalized spacial score (nSPS) is 18.0. The molecule has 3 heterocycles. The van der Waals surface area contributed by atoms with Crippen LogP contribution < -0.4 is 15.8 Å². The van der Waals surface area contributed by atoms with Gasteiger partial charge in [0, 0.05) is 41.6 Å². The first-order chi connectivity index (χ1) is 15.1. The highest BCUT2D eigenvalue weighted by Gasteiger charge is 2.28. The molecular weight excluding hydrogens is 415 g/mol. The first-order valence-corrected chi connectivity index (χ1v) is 11.8. The zero-order valence-corrected chi connectivity index (χ0v) is 18.0. The van der Waals surface area contributed by atoms with E-state index in [9.17, 15) is 14.0 Å². The van der Waals surface area contributed by atoms with Crippen molar-refractivity contribution in [2.24, 2.45) is 5.92 Å². The molecule has 0 unspecified atom stereocenters. The third-order valence-corrected chi connectivity index (χ3v) is 7.41. The Hall–Kier alpha value is -2.74. The van der Waals surface area contributed by atoms with Gasteiger partial charge in [-0.25, -0.2) is 9.37 Å². The third-order valence-electron chi connectivity index (χ3n) is 6.44. The molecule has 2 N–H and O–H groups in total. The van der Waals surface area contributed by atoms with Gasteiger partial charge in [-0.1, -0.05) is 31.0 Å². The first kappa shape index (κ1) is 20.2. The fourth-order valence-electron chi connectivity index (χ4n) is 4.68. The fraction of sp³-hybridized carbons (Fsp3) is 0.435. The van der Waals surface area contributed by atoms with Crippen molar-refractivity contribution < 1.29 is 9.18 Å². The molecule has 6 nitrogen and oxygen atoms in total. The number of H-pyrrole nitrogens is 1. The summed E-state index contributed by atoms with van der Waals surface area (Å²) in [5.41, 5.74) is 1.39. The fourth-order valence-corrected chi connectivity index (χ4v) is 5.58. The number of thiophene rings is 1. The number of hydrogen-bond donors (Lipinski definition) is 2. The number of amides is 1. The topological polar surface area (TPSA) is 78.1 Å². The molecule has 8 heteroatoms. The summed E-state index contributed by atoms with van der Waals surface area (Å²) >= 11 is 1.27. The van der Waals surface area contributed by atoms with Gasteiger partial charge in [0.2, 0.25) is 11.9 Å². The van der Waals surface area contributed by atoms with Gasteiger partial charge in [0.1, 0.15) is 10.5 Å². The van der Waals surface area contributed by atoms with E-state index in [1.165, 1.54) is 30.2 Å². The number of carbonyl (C=O) groups is 1. The number of anilines is 1. The van der Waals surface area contributed by atoms with Crippen molar-refractivity contribution in [1.29, 1.82) is 0 Å². The van der Waals surface area contributed by atoms with Crippen molar-refractivity contribution in [2.75, 3.05) is 18.0 Å². The number of hydrogen-bond acceptors (Lipinski definition) is 5. The Balaban J connectivity index is 1.35. The van der Waals surface area contributed by atoms with Crippen LogP contribution in [0.1, 0.15) is 38.5 Å². The highest BCUT2D eigenvalue weighted by molar-refractivity contribution is 7.17. The summed E-state index contributed by atoms with van der Waals surface area (Å²) in [5, 5.41) is 4.99. The number of nitrogens with zero attached hydrogens (tertiary/aromatic N) is 2. The number of aromatic amines is 1. The molecule has 0 radical (unpaired) electrons. The van der Waals surface area contributed by atoms with Crippen LogP contribution in [0, 0.1) is 11.7 Å². The van der Waals surface area contributed by atoms with Crippen LogP contribution in [0.3, 0.4) is 0 Å². The Kier molecular flexibility index (Phi) is 5.48. The quantitative estimate of drug-likeness (QED) is 0.641. The number of halogens is 1. The van der Waals surface area contributed by atoms with Gasteiger partial charge < -0.3 is 10.2 Å². The van der Waals surface area contributed by atoms with Gasteiger partial charge >= 0.3 is 0 Å². The maximum absolute atomic E-state index is 14.3. The maximum atomic E-state index is 14.3. The molecule has 0 spiro atoms. The molecular formula is C23H25FN4O2S. The van der Waals surface area contributed by atoms with Crippen LogP contribution in [0.5, 0.6) is 0 Å².